The largest absolute Gasteiger partial charge is 0.450 e. The van der Waals surface area contributed by atoms with E-state index < -0.39 is 28.9 Å². The number of halogens is 3. The molecule has 0 aliphatic rings. The van der Waals surface area contributed by atoms with Gasteiger partial charge in [0.05, 0.1) is 22.8 Å². The second kappa shape index (κ2) is 7.42. The second-order valence-electron chi connectivity index (χ2n) is 6.80. The van der Waals surface area contributed by atoms with E-state index in [2.05, 4.69) is 5.10 Å². The van der Waals surface area contributed by atoms with Gasteiger partial charge in [-0.25, -0.2) is 4.68 Å². The Morgan fingerprint density at radius 3 is 2.48 bits per heavy atom. The number of nitrogens with zero attached hydrogens (tertiary/aromatic N) is 2. The number of aryl methyl sites for hydroxylation is 1. The average Bonchev–Trinajstić information content (AvgIpc) is 3.19. The SMILES string of the molecule is CC(=O)Oc1ccc2c(=O)c(-c3cnn(-c4ccccc4)c3)c(C(F)(F)F)oc2c1C. The molecule has 0 bridgehead atoms. The highest BCUT2D eigenvalue weighted by molar-refractivity contribution is 5.87. The molecule has 0 amide bonds. The lowest BCUT2D eigenvalue weighted by Gasteiger charge is -2.14. The van der Waals surface area contributed by atoms with Crippen LogP contribution in [-0.4, -0.2) is 15.7 Å². The zero-order chi connectivity index (χ0) is 22.3. The van der Waals surface area contributed by atoms with Crippen LogP contribution in [-0.2, 0) is 11.0 Å². The minimum atomic E-state index is -4.94. The number of carbonyl (C=O) groups is 1. The van der Waals surface area contributed by atoms with Crippen molar-refractivity contribution in [2.24, 2.45) is 0 Å². The number of para-hydroxylation sites is 1. The smallest absolute Gasteiger partial charge is 0.450 e. The number of fused-ring (bicyclic) bond motifs is 1. The Bertz CT molecular complexity index is 1360. The van der Waals surface area contributed by atoms with E-state index >= 15 is 0 Å². The van der Waals surface area contributed by atoms with Gasteiger partial charge in [-0.1, -0.05) is 18.2 Å². The van der Waals surface area contributed by atoms with Gasteiger partial charge < -0.3 is 9.15 Å². The van der Waals surface area contributed by atoms with Crippen molar-refractivity contribution in [3.63, 3.8) is 0 Å². The van der Waals surface area contributed by atoms with E-state index in [0.717, 1.165) is 6.92 Å². The van der Waals surface area contributed by atoms with Crippen LogP contribution < -0.4 is 10.2 Å². The summed E-state index contributed by atoms with van der Waals surface area (Å²) in [5.41, 5.74) is -1.10. The molecular weight excluding hydrogens is 413 g/mol. The normalized spacial score (nSPS) is 11.6. The Labute approximate surface area is 173 Å². The molecule has 0 atom stereocenters. The van der Waals surface area contributed by atoms with Crippen molar-refractivity contribution >= 4 is 16.9 Å². The van der Waals surface area contributed by atoms with Gasteiger partial charge in [0.15, 0.2) is 0 Å². The zero-order valence-corrected chi connectivity index (χ0v) is 16.4. The molecule has 6 nitrogen and oxygen atoms in total. The Kier molecular flexibility index (Phi) is 4.88. The van der Waals surface area contributed by atoms with Crippen LogP contribution in [0.25, 0.3) is 27.8 Å². The zero-order valence-electron chi connectivity index (χ0n) is 16.4. The van der Waals surface area contributed by atoms with Gasteiger partial charge in [0.1, 0.15) is 11.3 Å². The van der Waals surface area contributed by atoms with Crippen LogP contribution in [0.2, 0.25) is 0 Å². The van der Waals surface area contributed by atoms with Gasteiger partial charge in [-0.05, 0) is 31.2 Å². The molecule has 0 unspecified atom stereocenters. The fraction of sp³-hybridized carbons (Fsp3) is 0.136. The van der Waals surface area contributed by atoms with E-state index in [-0.39, 0.29) is 27.8 Å². The summed E-state index contributed by atoms with van der Waals surface area (Å²) in [5.74, 6) is -2.08. The summed E-state index contributed by atoms with van der Waals surface area (Å²) in [7, 11) is 0. The van der Waals surface area contributed by atoms with Crippen LogP contribution in [0, 0.1) is 6.92 Å². The van der Waals surface area contributed by atoms with Gasteiger partial charge in [-0.2, -0.15) is 18.3 Å². The summed E-state index contributed by atoms with van der Waals surface area (Å²) in [6.45, 7) is 2.57. The lowest BCUT2D eigenvalue weighted by molar-refractivity contribution is -0.152. The van der Waals surface area contributed by atoms with Crippen molar-refractivity contribution in [3.8, 4) is 22.6 Å². The molecule has 0 spiro atoms. The van der Waals surface area contributed by atoms with Gasteiger partial charge in [0.25, 0.3) is 0 Å². The van der Waals surface area contributed by atoms with E-state index in [1.807, 2.05) is 0 Å². The minimum absolute atomic E-state index is 0.0147. The molecule has 0 aliphatic heterocycles. The summed E-state index contributed by atoms with van der Waals surface area (Å²) < 4.78 is 53.2. The van der Waals surface area contributed by atoms with E-state index in [1.165, 1.54) is 36.1 Å². The van der Waals surface area contributed by atoms with Gasteiger partial charge in [0.2, 0.25) is 11.2 Å². The maximum atomic E-state index is 13.9. The lowest BCUT2D eigenvalue weighted by Crippen LogP contribution is -2.16. The molecule has 0 radical (unpaired) electrons. The number of alkyl halides is 3. The minimum Gasteiger partial charge on any atom is -0.450 e. The maximum Gasteiger partial charge on any atom is 0.450 e. The van der Waals surface area contributed by atoms with Crippen LogP contribution in [0.4, 0.5) is 13.2 Å². The Morgan fingerprint density at radius 2 is 1.84 bits per heavy atom. The van der Waals surface area contributed by atoms with Gasteiger partial charge in [0, 0.05) is 24.2 Å². The number of ether oxygens (including phenoxy) is 1. The van der Waals surface area contributed by atoms with E-state index in [1.54, 1.807) is 30.3 Å². The quantitative estimate of drug-likeness (QED) is 0.343. The number of aromatic nitrogens is 2. The van der Waals surface area contributed by atoms with E-state index in [0.29, 0.717) is 5.69 Å². The highest BCUT2D eigenvalue weighted by Gasteiger charge is 2.40. The Morgan fingerprint density at radius 1 is 1.13 bits per heavy atom. The third kappa shape index (κ3) is 3.70. The van der Waals surface area contributed by atoms with Crippen molar-refractivity contribution < 1.29 is 27.1 Å². The molecule has 2 heterocycles. The topological polar surface area (TPSA) is 74.3 Å². The summed E-state index contributed by atoms with van der Waals surface area (Å²) in [5, 5.41) is 4.02. The first kappa shape index (κ1) is 20.4. The number of esters is 1. The third-order valence-corrected chi connectivity index (χ3v) is 4.66. The summed E-state index contributed by atoms with van der Waals surface area (Å²) in [6.07, 6.45) is -2.43. The first-order valence-corrected chi connectivity index (χ1v) is 9.13. The van der Waals surface area contributed by atoms with Crippen LogP contribution in [0.15, 0.2) is 64.1 Å². The molecule has 158 valence electrons. The maximum absolute atomic E-state index is 13.9. The second-order valence-corrected chi connectivity index (χ2v) is 6.80. The van der Waals surface area contributed by atoms with E-state index in [9.17, 15) is 22.8 Å². The van der Waals surface area contributed by atoms with Crippen LogP contribution >= 0.6 is 0 Å². The monoisotopic (exact) mass is 428 g/mol. The molecule has 4 aromatic rings. The summed E-state index contributed by atoms with van der Waals surface area (Å²) in [6, 6.07) is 11.4. The van der Waals surface area contributed by atoms with Crippen molar-refractivity contribution in [2.75, 3.05) is 0 Å². The number of hydrogen-bond donors (Lipinski definition) is 0. The molecule has 0 saturated heterocycles. The molecular formula is C22H15F3N2O4. The van der Waals surface area contributed by atoms with Gasteiger partial charge >= 0.3 is 12.1 Å². The molecule has 2 aromatic carbocycles. The van der Waals surface area contributed by atoms with Crippen LogP contribution in [0.3, 0.4) is 0 Å². The van der Waals surface area contributed by atoms with E-state index in [4.69, 9.17) is 9.15 Å². The molecule has 9 heteroatoms. The molecule has 0 fully saturated rings. The highest BCUT2D eigenvalue weighted by atomic mass is 19.4. The fourth-order valence-corrected chi connectivity index (χ4v) is 3.28. The molecule has 0 N–H and O–H groups in total. The van der Waals surface area contributed by atoms with Crippen molar-refractivity contribution in [2.45, 2.75) is 20.0 Å². The Hall–Kier alpha value is -3.88. The number of hydrogen-bond acceptors (Lipinski definition) is 5. The molecule has 0 saturated carbocycles. The van der Waals surface area contributed by atoms with Crippen molar-refractivity contribution in [1.82, 2.24) is 9.78 Å². The fourth-order valence-electron chi connectivity index (χ4n) is 3.28. The lowest BCUT2D eigenvalue weighted by atomic mass is 10.0. The first-order valence-electron chi connectivity index (χ1n) is 9.13. The van der Waals surface area contributed by atoms with Crippen LogP contribution in [0.1, 0.15) is 18.2 Å². The number of rotatable bonds is 3. The first-order chi connectivity index (χ1) is 14.7. The highest BCUT2D eigenvalue weighted by Crippen LogP contribution is 2.39. The third-order valence-electron chi connectivity index (χ3n) is 4.66. The predicted octanol–water partition coefficient (Wildman–Crippen LogP) is 4.90. The van der Waals surface area contributed by atoms with Crippen LogP contribution in [0.5, 0.6) is 5.75 Å². The molecule has 2 aromatic heterocycles. The molecule has 0 aliphatic carbocycles. The molecule has 31 heavy (non-hydrogen) atoms. The number of carbonyl (C=O) groups excluding carboxylic acids is 1. The van der Waals surface area contributed by atoms with Crippen molar-refractivity contribution in [1.29, 1.82) is 0 Å². The number of benzene rings is 2. The Balaban J connectivity index is 1.97. The van der Waals surface area contributed by atoms with Crippen molar-refractivity contribution in [3.05, 3.63) is 76.4 Å². The van der Waals surface area contributed by atoms with Gasteiger partial charge in [-0.3, -0.25) is 9.59 Å². The average molecular weight is 428 g/mol. The predicted molar refractivity (Wildman–Crippen MR) is 106 cm³/mol. The standard InChI is InChI=1S/C22H15F3N2O4/c1-12-17(30-13(2)28)9-8-16-19(29)18(21(22(23,24)25)31-20(12)16)14-10-26-27(11-14)15-6-4-3-5-7-15/h3-11H,1-2H3. The van der Waals surface area contributed by atoms with Gasteiger partial charge in [-0.15, -0.1) is 0 Å². The molecule has 4 rings (SSSR count). The summed E-state index contributed by atoms with van der Waals surface area (Å²) in [4.78, 5) is 24.4. The summed E-state index contributed by atoms with van der Waals surface area (Å²) >= 11 is 0.